The van der Waals surface area contributed by atoms with Gasteiger partial charge < -0.3 is 0 Å². The first-order valence-electron chi connectivity index (χ1n) is 6.26. The molecule has 0 unspecified atom stereocenters. The smallest absolute Gasteiger partial charge is 0.243 e. The SMILES string of the molecule is CON(C(C)=O)C1c2ccccc2-c2ccccc21. The van der Waals surface area contributed by atoms with Gasteiger partial charge >= 0.3 is 0 Å². The summed E-state index contributed by atoms with van der Waals surface area (Å²) in [5.41, 5.74) is 4.57. The van der Waals surface area contributed by atoms with Crippen molar-refractivity contribution < 1.29 is 9.63 Å². The Bertz CT molecular complexity index is 591. The minimum absolute atomic E-state index is 0.0981. The molecule has 96 valence electrons. The van der Waals surface area contributed by atoms with Crippen molar-refractivity contribution in [3.05, 3.63) is 59.7 Å². The maximum absolute atomic E-state index is 11.8. The Labute approximate surface area is 112 Å². The molecule has 3 rings (SSSR count). The molecule has 0 N–H and O–H groups in total. The third-order valence-electron chi connectivity index (χ3n) is 3.54. The van der Waals surface area contributed by atoms with Crippen molar-refractivity contribution in [3.8, 4) is 11.1 Å². The molecule has 1 amide bonds. The Morgan fingerprint density at radius 2 is 1.47 bits per heavy atom. The summed E-state index contributed by atoms with van der Waals surface area (Å²) in [6, 6.07) is 16.1. The Morgan fingerprint density at radius 3 is 1.89 bits per heavy atom. The van der Waals surface area contributed by atoms with Crippen molar-refractivity contribution in [2.75, 3.05) is 7.11 Å². The fourth-order valence-electron chi connectivity index (χ4n) is 2.80. The molecule has 0 aromatic heterocycles. The van der Waals surface area contributed by atoms with Gasteiger partial charge in [-0.1, -0.05) is 48.5 Å². The number of hydrogen-bond donors (Lipinski definition) is 0. The second-order valence-corrected chi connectivity index (χ2v) is 4.60. The topological polar surface area (TPSA) is 29.5 Å². The van der Waals surface area contributed by atoms with Gasteiger partial charge in [0.05, 0.1) is 7.11 Å². The lowest BCUT2D eigenvalue weighted by Gasteiger charge is -2.26. The highest BCUT2D eigenvalue weighted by Gasteiger charge is 2.34. The van der Waals surface area contributed by atoms with Crippen molar-refractivity contribution in [2.45, 2.75) is 13.0 Å². The number of carbonyl (C=O) groups is 1. The number of amides is 1. The van der Waals surface area contributed by atoms with Crippen LogP contribution in [0, 0.1) is 0 Å². The second-order valence-electron chi connectivity index (χ2n) is 4.60. The quantitative estimate of drug-likeness (QED) is 0.769. The van der Waals surface area contributed by atoms with Crippen molar-refractivity contribution in [1.29, 1.82) is 0 Å². The predicted octanol–water partition coefficient (Wildman–Crippen LogP) is 3.17. The van der Waals surface area contributed by atoms with Gasteiger partial charge in [-0.2, -0.15) is 0 Å². The summed E-state index contributed by atoms with van der Waals surface area (Å²) in [7, 11) is 1.53. The summed E-state index contributed by atoms with van der Waals surface area (Å²) in [5, 5.41) is 1.44. The van der Waals surface area contributed by atoms with E-state index >= 15 is 0 Å². The highest BCUT2D eigenvalue weighted by atomic mass is 16.7. The summed E-state index contributed by atoms with van der Waals surface area (Å²) in [5.74, 6) is -0.0981. The number of rotatable bonds is 2. The maximum Gasteiger partial charge on any atom is 0.243 e. The van der Waals surface area contributed by atoms with E-state index in [2.05, 4.69) is 24.3 Å². The first kappa shape index (κ1) is 11.9. The van der Waals surface area contributed by atoms with Crippen LogP contribution >= 0.6 is 0 Å². The molecule has 0 atom stereocenters. The molecule has 1 aliphatic carbocycles. The zero-order valence-corrected chi connectivity index (χ0v) is 11.0. The van der Waals surface area contributed by atoms with Gasteiger partial charge in [0.2, 0.25) is 5.91 Å². The molecule has 0 aliphatic heterocycles. The molecule has 0 saturated carbocycles. The molecule has 2 aromatic carbocycles. The summed E-state index contributed by atoms with van der Waals surface area (Å²) in [6.45, 7) is 1.52. The molecule has 3 heteroatoms. The lowest BCUT2D eigenvalue weighted by Crippen LogP contribution is -2.31. The van der Waals surface area contributed by atoms with Crippen LogP contribution in [0.4, 0.5) is 0 Å². The molecular weight excluding hydrogens is 238 g/mol. The summed E-state index contributed by atoms with van der Waals surface area (Å²) in [4.78, 5) is 17.1. The summed E-state index contributed by atoms with van der Waals surface area (Å²) >= 11 is 0. The first-order chi connectivity index (χ1) is 9.24. The summed E-state index contributed by atoms with van der Waals surface area (Å²) in [6.07, 6.45) is 0. The fourth-order valence-corrected chi connectivity index (χ4v) is 2.80. The van der Waals surface area contributed by atoms with E-state index in [4.69, 9.17) is 4.84 Å². The van der Waals surface area contributed by atoms with Gasteiger partial charge in [0.15, 0.2) is 0 Å². The third kappa shape index (κ3) is 1.74. The van der Waals surface area contributed by atoms with E-state index in [0.717, 1.165) is 11.1 Å². The Morgan fingerprint density at radius 1 is 1.00 bits per heavy atom. The van der Waals surface area contributed by atoms with Crippen molar-refractivity contribution >= 4 is 5.91 Å². The molecule has 0 saturated heterocycles. The minimum Gasteiger partial charge on any atom is -0.273 e. The van der Waals surface area contributed by atoms with Gasteiger partial charge in [0.1, 0.15) is 6.04 Å². The molecular formula is C16H15NO2. The van der Waals surface area contributed by atoms with Crippen LogP contribution in [-0.4, -0.2) is 18.1 Å². The van der Waals surface area contributed by atoms with Crippen molar-refractivity contribution in [1.82, 2.24) is 5.06 Å². The van der Waals surface area contributed by atoms with Gasteiger partial charge in [-0.3, -0.25) is 9.63 Å². The van der Waals surface area contributed by atoms with E-state index in [9.17, 15) is 4.79 Å². The van der Waals surface area contributed by atoms with Crippen LogP contribution in [0.25, 0.3) is 11.1 Å². The molecule has 0 fully saturated rings. The lowest BCUT2D eigenvalue weighted by atomic mass is 10.1. The van der Waals surface area contributed by atoms with Gasteiger partial charge in [0, 0.05) is 6.92 Å². The molecule has 0 bridgehead atoms. The highest BCUT2D eigenvalue weighted by Crippen LogP contribution is 2.46. The van der Waals surface area contributed by atoms with Crippen molar-refractivity contribution in [3.63, 3.8) is 0 Å². The van der Waals surface area contributed by atoms with Gasteiger partial charge in [-0.15, -0.1) is 0 Å². The number of benzene rings is 2. The predicted molar refractivity (Wildman–Crippen MR) is 73.3 cm³/mol. The Balaban J connectivity index is 2.22. The second kappa shape index (κ2) is 4.52. The van der Waals surface area contributed by atoms with Gasteiger partial charge in [0.25, 0.3) is 0 Å². The molecule has 0 spiro atoms. The Kier molecular flexibility index (Phi) is 2.84. The van der Waals surface area contributed by atoms with Gasteiger partial charge in [-0.25, -0.2) is 5.06 Å². The van der Waals surface area contributed by atoms with Crippen LogP contribution in [0.2, 0.25) is 0 Å². The first-order valence-corrected chi connectivity index (χ1v) is 6.26. The molecule has 0 radical (unpaired) electrons. The van der Waals surface area contributed by atoms with Crippen molar-refractivity contribution in [2.24, 2.45) is 0 Å². The third-order valence-corrected chi connectivity index (χ3v) is 3.54. The number of hydrogen-bond acceptors (Lipinski definition) is 2. The van der Waals surface area contributed by atoms with Crippen LogP contribution in [0.15, 0.2) is 48.5 Å². The maximum atomic E-state index is 11.8. The zero-order valence-electron chi connectivity index (χ0n) is 11.0. The van der Waals surface area contributed by atoms with E-state index < -0.39 is 0 Å². The average Bonchev–Trinajstić information content (AvgIpc) is 2.75. The molecule has 2 aromatic rings. The standard InChI is InChI=1S/C16H15NO2/c1-11(18)17(19-2)16-14-9-5-3-7-12(14)13-8-4-6-10-15(13)16/h3-10,16H,1-2H3. The monoisotopic (exact) mass is 253 g/mol. The average molecular weight is 253 g/mol. The highest BCUT2D eigenvalue weighted by molar-refractivity contribution is 5.81. The number of nitrogens with zero attached hydrogens (tertiary/aromatic N) is 1. The molecule has 0 heterocycles. The number of fused-ring (bicyclic) bond motifs is 3. The van der Waals surface area contributed by atoms with E-state index in [1.807, 2.05) is 24.3 Å². The number of hydroxylamine groups is 2. The largest absolute Gasteiger partial charge is 0.273 e. The van der Waals surface area contributed by atoms with E-state index in [-0.39, 0.29) is 11.9 Å². The molecule has 19 heavy (non-hydrogen) atoms. The van der Waals surface area contributed by atoms with Crippen LogP contribution in [0.3, 0.4) is 0 Å². The normalized spacial score (nSPS) is 12.9. The van der Waals surface area contributed by atoms with Crippen LogP contribution < -0.4 is 0 Å². The van der Waals surface area contributed by atoms with E-state index in [1.54, 1.807) is 0 Å². The molecule has 1 aliphatic rings. The summed E-state index contributed by atoms with van der Waals surface area (Å²) < 4.78 is 0. The number of carbonyl (C=O) groups excluding carboxylic acids is 1. The van der Waals surface area contributed by atoms with E-state index in [0.29, 0.717) is 0 Å². The van der Waals surface area contributed by atoms with Crippen LogP contribution in [0.5, 0.6) is 0 Å². The van der Waals surface area contributed by atoms with Crippen LogP contribution in [-0.2, 0) is 9.63 Å². The Hall–Kier alpha value is -2.13. The lowest BCUT2D eigenvalue weighted by molar-refractivity contribution is -0.182. The van der Waals surface area contributed by atoms with Gasteiger partial charge in [-0.05, 0) is 22.3 Å². The zero-order chi connectivity index (χ0) is 13.4. The minimum atomic E-state index is -0.158. The molecule has 3 nitrogen and oxygen atoms in total. The van der Waals surface area contributed by atoms with Crippen LogP contribution in [0.1, 0.15) is 24.1 Å². The fraction of sp³-hybridized carbons (Fsp3) is 0.188. The van der Waals surface area contributed by atoms with E-state index in [1.165, 1.54) is 30.2 Å².